The predicted octanol–water partition coefficient (Wildman–Crippen LogP) is 2.73. The van der Waals surface area contributed by atoms with Crippen molar-refractivity contribution in [2.45, 2.75) is 19.3 Å². The van der Waals surface area contributed by atoms with Gasteiger partial charge < -0.3 is 4.74 Å². The number of rotatable bonds is 2. The second kappa shape index (κ2) is 3.23. The predicted molar refractivity (Wildman–Crippen MR) is 59.5 cm³/mol. The summed E-state index contributed by atoms with van der Waals surface area (Å²) in [5, 5.41) is 0. The molecule has 0 saturated carbocycles. The van der Waals surface area contributed by atoms with Crippen molar-refractivity contribution in [1.82, 2.24) is 0 Å². The highest BCUT2D eigenvalue weighted by Gasteiger charge is 2.31. The van der Waals surface area contributed by atoms with E-state index < -0.39 is 0 Å². The Balaban J connectivity index is 2.50. The maximum atomic E-state index is 11.5. The number of hydrogen-bond donors (Lipinski definition) is 0. The highest BCUT2D eigenvalue weighted by Crippen LogP contribution is 2.38. The van der Waals surface area contributed by atoms with Gasteiger partial charge in [-0.2, -0.15) is 0 Å². The van der Waals surface area contributed by atoms with Crippen molar-refractivity contribution in [2.24, 2.45) is 0 Å². The highest BCUT2D eigenvalue weighted by atomic mass is 16.5. The third-order valence-electron chi connectivity index (χ3n) is 2.77. The number of fused-ring (bicyclic) bond motifs is 1. The number of carbonyl (C=O) groups excluding carboxylic acids is 1. The molecule has 0 aliphatic carbocycles. The molecule has 0 unspecified atom stereocenters. The first-order valence-electron chi connectivity index (χ1n) is 4.99. The van der Waals surface area contributed by atoms with Crippen LogP contribution in [0.25, 0.3) is 0 Å². The Morgan fingerprint density at radius 1 is 1.53 bits per heavy atom. The second-order valence-corrected chi connectivity index (χ2v) is 4.45. The number of ketones is 1. The summed E-state index contributed by atoms with van der Waals surface area (Å²) in [6.07, 6.45) is 1.34. The molecule has 0 saturated heterocycles. The average molecular weight is 202 g/mol. The molecule has 0 aromatic heterocycles. The maximum absolute atomic E-state index is 11.5. The third-order valence-corrected chi connectivity index (χ3v) is 2.77. The summed E-state index contributed by atoms with van der Waals surface area (Å²) in [6, 6.07) is 5.55. The normalized spacial score (nSPS) is 16.7. The van der Waals surface area contributed by atoms with Crippen LogP contribution in [0.1, 0.15) is 29.8 Å². The number of benzene rings is 1. The van der Waals surface area contributed by atoms with Gasteiger partial charge in [0.15, 0.2) is 5.78 Å². The van der Waals surface area contributed by atoms with E-state index in [0.717, 1.165) is 11.3 Å². The van der Waals surface area contributed by atoms with Crippen molar-refractivity contribution >= 4 is 5.78 Å². The fourth-order valence-electron chi connectivity index (χ4n) is 1.79. The van der Waals surface area contributed by atoms with Gasteiger partial charge >= 0.3 is 0 Å². The molecule has 1 aliphatic rings. The molecule has 1 aromatic carbocycles. The molecule has 1 heterocycles. The molecule has 0 amide bonds. The fraction of sp³-hybridized carbons (Fsp3) is 0.308. The summed E-state index contributed by atoms with van der Waals surface area (Å²) in [7, 11) is 0. The lowest BCUT2D eigenvalue weighted by Gasteiger charge is -2.15. The van der Waals surface area contributed by atoms with E-state index in [4.69, 9.17) is 4.74 Å². The summed E-state index contributed by atoms with van der Waals surface area (Å²) >= 11 is 0. The van der Waals surface area contributed by atoms with Crippen molar-refractivity contribution in [3.05, 3.63) is 42.0 Å². The van der Waals surface area contributed by atoms with Gasteiger partial charge in [-0.3, -0.25) is 4.79 Å². The van der Waals surface area contributed by atoms with E-state index in [1.165, 1.54) is 6.08 Å². The largest absolute Gasteiger partial charge is 0.492 e. The zero-order chi connectivity index (χ0) is 11.1. The Morgan fingerprint density at radius 2 is 2.27 bits per heavy atom. The summed E-state index contributed by atoms with van der Waals surface area (Å²) in [6.45, 7) is 8.38. The van der Waals surface area contributed by atoms with Crippen molar-refractivity contribution in [3.8, 4) is 5.75 Å². The first-order valence-corrected chi connectivity index (χ1v) is 4.99. The van der Waals surface area contributed by atoms with Crippen LogP contribution in [0.5, 0.6) is 5.75 Å². The van der Waals surface area contributed by atoms with Gasteiger partial charge in [-0.1, -0.05) is 20.4 Å². The van der Waals surface area contributed by atoms with Gasteiger partial charge in [-0.15, -0.1) is 0 Å². The van der Waals surface area contributed by atoms with Gasteiger partial charge in [0.05, 0.1) is 6.61 Å². The van der Waals surface area contributed by atoms with E-state index in [1.54, 1.807) is 6.07 Å². The van der Waals surface area contributed by atoms with Crippen LogP contribution in [-0.2, 0) is 5.41 Å². The van der Waals surface area contributed by atoms with Crippen molar-refractivity contribution in [3.63, 3.8) is 0 Å². The van der Waals surface area contributed by atoms with Gasteiger partial charge in [0.1, 0.15) is 5.75 Å². The number of allylic oxidation sites excluding steroid dienone is 1. The quantitative estimate of drug-likeness (QED) is 0.544. The van der Waals surface area contributed by atoms with Gasteiger partial charge in [0, 0.05) is 16.5 Å². The van der Waals surface area contributed by atoms with E-state index in [-0.39, 0.29) is 11.2 Å². The highest BCUT2D eigenvalue weighted by molar-refractivity contribution is 6.04. The Labute approximate surface area is 89.6 Å². The summed E-state index contributed by atoms with van der Waals surface area (Å²) < 4.78 is 5.54. The molecule has 0 bridgehead atoms. The van der Waals surface area contributed by atoms with Gasteiger partial charge in [-0.25, -0.2) is 0 Å². The molecule has 78 valence electrons. The molecule has 0 radical (unpaired) electrons. The van der Waals surface area contributed by atoms with E-state index in [9.17, 15) is 4.79 Å². The summed E-state index contributed by atoms with van der Waals surface area (Å²) in [4.78, 5) is 11.5. The lowest BCUT2D eigenvalue weighted by molar-refractivity contribution is 0.104. The lowest BCUT2D eigenvalue weighted by atomic mass is 9.86. The minimum atomic E-state index is -0.0412. The van der Waals surface area contributed by atoms with Crippen LogP contribution in [0.4, 0.5) is 0 Å². The van der Waals surface area contributed by atoms with Crippen molar-refractivity contribution in [1.29, 1.82) is 0 Å². The lowest BCUT2D eigenvalue weighted by Crippen LogP contribution is -2.18. The van der Waals surface area contributed by atoms with Crippen LogP contribution < -0.4 is 4.74 Å². The van der Waals surface area contributed by atoms with Crippen LogP contribution in [0.3, 0.4) is 0 Å². The van der Waals surface area contributed by atoms with E-state index in [1.807, 2.05) is 12.1 Å². The van der Waals surface area contributed by atoms with Crippen molar-refractivity contribution < 1.29 is 9.53 Å². The van der Waals surface area contributed by atoms with Crippen molar-refractivity contribution in [2.75, 3.05) is 6.61 Å². The molecule has 0 fully saturated rings. The number of hydrogen-bond acceptors (Lipinski definition) is 2. The molecule has 2 nitrogen and oxygen atoms in total. The second-order valence-electron chi connectivity index (χ2n) is 4.45. The van der Waals surface area contributed by atoms with Crippen LogP contribution >= 0.6 is 0 Å². The molecule has 0 atom stereocenters. The average Bonchev–Trinajstić information content (AvgIpc) is 2.53. The van der Waals surface area contributed by atoms with Gasteiger partial charge in [0.25, 0.3) is 0 Å². The first kappa shape index (κ1) is 9.97. The van der Waals surface area contributed by atoms with Crippen LogP contribution in [-0.4, -0.2) is 12.4 Å². The number of ether oxygens (including phenoxy) is 1. The fourth-order valence-corrected chi connectivity index (χ4v) is 1.79. The van der Waals surface area contributed by atoms with E-state index in [2.05, 4.69) is 20.4 Å². The topological polar surface area (TPSA) is 26.3 Å². The molecular weight excluding hydrogens is 188 g/mol. The van der Waals surface area contributed by atoms with Crippen LogP contribution in [0.15, 0.2) is 30.9 Å². The smallest absolute Gasteiger partial charge is 0.185 e. The van der Waals surface area contributed by atoms with Crippen LogP contribution in [0.2, 0.25) is 0 Å². The molecule has 0 spiro atoms. The molecule has 15 heavy (non-hydrogen) atoms. The Hall–Kier alpha value is -1.57. The first-order chi connectivity index (χ1) is 7.04. The molecule has 2 heteroatoms. The van der Waals surface area contributed by atoms with Gasteiger partial charge in [-0.05, 0) is 24.3 Å². The third kappa shape index (κ3) is 1.56. The Bertz CT molecular complexity index is 430. The summed E-state index contributed by atoms with van der Waals surface area (Å²) in [5.74, 6) is 0.848. The molecular formula is C13H14O2. The minimum Gasteiger partial charge on any atom is -0.492 e. The summed E-state index contributed by atoms with van der Waals surface area (Å²) in [5.41, 5.74) is 1.78. The SMILES string of the molecule is C=CC(=O)c1ccc2c(c1)C(C)(C)CO2. The number of carbonyl (C=O) groups is 1. The van der Waals surface area contributed by atoms with Crippen LogP contribution in [0, 0.1) is 0 Å². The molecule has 2 rings (SSSR count). The Kier molecular flexibility index (Phi) is 2.14. The van der Waals surface area contributed by atoms with Gasteiger partial charge in [0.2, 0.25) is 0 Å². The Morgan fingerprint density at radius 3 is 2.93 bits per heavy atom. The molecule has 0 N–H and O–H groups in total. The minimum absolute atomic E-state index is 0.00715. The standard InChI is InChI=1S/C13H14O2/c1-4-11(14)9-5-6-12-10(7-9)13(2,3)8-15-12/h4-7H,1,8H2,2-3H3. The molecule has 1 aliphatic heterocycles. The maximum Gasteiger partial charge on any atom is 0.185 e. The molecule has 1 aromatic rings. The van der Waals surface area contributed by atoms with E-state index in [0.29, 0.717) is 12.2 Å². The zero-order valence-electron chi connectivity index (χ0n) is 9.04. The van der Waals surface area contributed by atoms with E-state index >= 15 is 0 Å². The monoisotopic (exact) mass is 202 g/mol. The zero-order valence-corrected chi connectivity index (χ0v) is 9.04.